The predicted molar refractivity (Wildman–Crippen MR) is 96.2 cm³/mol. The molecule has 1 aromatic carbocycles. The van der Waals surface area contributed by atoms with E-state index in [-0.39, 0.29) is 11.9 Å². The topological polar surface area (TPSA) is 75.1 Å². The van der Waals surface area contributed by atoms with Gasteiger partial charge < -0.3 is 10.4 Å². The Bertz CT molecular complexity index is 735. The molecule has 1 aromatic heterocycles. The van der Waals surface area contributed by atoms with Crippen LogP contribution in [-0.2, 0) is 12.8 Å². The number of hydrogen-bond donors (Lipinski definition) is 2. The molecule has 0 radical (unpaired) electrons. The van der Waals surface area contributed by atoms with Gasteiger partial charge in [0.05, 0.1) is 23.0 Å². The van der Waals surface area contributed by atoms with E-state index in [9.17, 15) is 9.90 Å². The van der Waals surface area contributed by atoms with E-state index in [2.05, 4.69) is 15.3 Å². The zero-order valence-corrected chi connectivity index (χ0v) is 14.8. The zero-order valence-electron chi connectivity index (χ0n) is 14.8. The minimum atomic E-state index is -0.675. The van der Waals surface area contributed by atoms with E-state index < -0.39 is 5.60 Å². The molecule has 0 saturated heterocycles. The van der Waals surface area contributed by atoms with Gasteiger partial charge in [-0.25, -0.2) is 0 Å². The Kier molecular flexibility index (Phi) is 5.13. The fraction of sp³-hybridized carbons (Fsp3) is 0.450. The van der Waals surface area contributed by atoms with Crippen LogP contribution in [0, 0.1) is 0 Å². The van der Waals surface area contributed by atoms with Gasteiger partial charge in [0.25, 0.3) is 5.91 Å². The van der Waals surface area contributed by atoms with Crippen molar-refractivity contribution in [1.29, 1.82) is 0 Å². The van der Waals surface area contributed by atoms with Crippen molar-refractivity contribution in [3.8, 4) is 0 Å². The molecule has 5 heteroatoms. The Morgan fingerprint density at radius 1 is 1.24 bits per heavy atom. The van der Waals surface area contributed by atoms with Gasteiger partial charge in [-0.1, -0.05) is 12.1 Å². The molecule has 1 amide bonds. The van der Waals surface area contributed by atoms with Crippen LogP contribution in [-0.4, -0.2) is 26.6 Å². The van der Waals surface area contributed by atoms with Crippen LogP contribution in [0.25, 0.3) is 0 Å². The quantitative estimate of drug-likeness (QED) is 0.878. The summed E-state index contributed by atoms with van der Waals surface area (Å²) in [5.74, 6) is -0.0856. The molecule has 0 bridgehead atoms. The van der Waals surface area contributed by atoms with Gasteiger partial charge in [-0.2, -0.15) is 0 Å². The lowest BCUT2D eigenvalue weighted by atomic mass is 9.95. The molecular weight excluding hydrogens is 314 g/mol. The summed E-state index contributed by atoms with van der Waals surface area (Å²) >= 11 is 0. The van der Waals surface area contributed by atoms with Crippen LogP contribution in [0.15, 0.2) is 36.7 Å². The first-order chi connectivity index (χ1) is 11.9. The van der Waals surface area contributed by atoms with Gasteiger partial charge in [-0.3, -0.25) is 14.8 Å². The van der Waals surface area contributed by atoms with Gasteiger partial charge in [0.1, 0.15) is 0 Å². The number of aromatic nitrogens is 2. The maximum atomic E-state index is 12.6. The standard InChI is InChI=1S/C20H25N3O2/c1-20(2,25)11-10-14-6-8-15(9-7-14)19(24)23-17-5-3-4-16-18(17)22-13-12-21-16/h6-9,12-13,17,25H,3-5,10-11H2,1-2H3,(H,23,24). The summed E-state index contributed by atoms with van der Waals surface area (Å²) < 4.78 is 0. The highest BCUT2D eigenvalue weighted by atomic mass is 16.3. The molecule has 132 valence electrons. The molecule has 25 heavy (non-hydrogen) atoms. The summed E-state index contributed by atoms with van der Waals surface area (Å²) in [6.45, 7) is 3.61. The zero-order chi connectivity index (χ0) is 17.9. The number of nitrogens with zero attached hydrogens (tertiary/aromatic N) is 2. The Balaban J connectivity index is 1.64. The molecule has 3 rings (SSSR count). The molecule has 0 fully saturated rings. The van der Waals surface area contributed by atoms with Crippen LogP contribution >= 0.6 is 0 Å². The monoisotopic (exact) mass is 339 g/mol. The Hall–Kier alpha value is -2.27. The SMILES string of the molecule is CC(C)(O)CCc1ccc(C(=O)NC2CCCc3nccnc32)cc1. The molecule has 0 aliphatic heterocycles. The minimum absolute atomic E-state index is 0.0696. The van der Waals surface area contributed by atoms with Crippen molar-refractivity contribution in [2.75, 3.05) is 0 Å². The Morgan fingerprint density at radius 3 is 2.68 bits per heavy atom. The van der Waals surface area contributed by atoms with Gasteiger partial charge in [-0.05, 0) is 63.6 Å². The summed E-state index contributed by atoms with van der Waals surface area (Å²) in [6, 6.07) is 7.52. The third-order valence-electron chi connectivity index (χ3n) is 4.59. The number of aryl methyl sites for hydroxylation is 2. The predicted octanol–water partition coefficient (Wildman–Crippen LogP) is 2.99. The molecule has 1 heterocycles. The van der Waals surface area contributed by atoms with Crippen LogP contribution < -0.4 is 5.32 Å². The van der Waals surface area contributed by atoms with Crippen LogP contribution in [0.4, 0.5) is 0 Å². The second-order valence-corrected chi connectivity index (χ2v) is 7.32. The van der Waals surface area contributed by atoms with E-state index in [4.69, 9.17) is 0 Å². The van der Waals surface area contributed by atoms with Gasteiger partial charge in [0, 0.05) is 18.0 Å². The van der Waals surface area contributed by atoms with E-state index in [1.54, 1.807) is 26.2 Å². The molecule has 2 aromatic rings. The summed E-state index contributed by atoms with van der Waals surface area (Å²) in [4.78, 5) is 21.3. The fourth-order valence-corrected chi connectivity index (χ4v) is 3.13. The third kappa shape index (κ3) is 4.63. The first-order valence-electron chi connectivity index (χ1n) is 8.84. The molecule has 1 atom stereocenters. The minimum Gasteiger partial charge on any atom is -0.390 e. The van der Waals surface area contributed by atoms with Gasteiger partial charge in [0.2, 0.25) is 0 Å². The molecule has 0 saturated carbocycles. The maximum absolute atomic E-state index is 12.6. The van der Waals surface area contributed by atoms with Crippen LogP contribution in [0.1, 0.15) is 66.5 Å². The van der Waals surface area contributed by atoms with Crippen molar-refractivity contribution in [3.05, 3.63) is 59.2 Å². The van der Waals surface area contributed by atoms with Crippen molar-refractivity contribution in [3.63, 3.8) is 0 Å². The highest BCUT2D eigenvalue weighted by Crippen LogP contribution is 2.26. The summed E-state index contributed by atoms with van der Waals surface area (Å²) in [5.41, 5.74) is 2.96. The normalized spacial score (nSPS) is 17.0. The third-order valence-corrected chi connectivity index (χ3v) is 4.59. The van der Waals surface area contributed by atoms with E-state index in [1.807, 2.05) is 24.3 Å². The number of carbonyl (C=O) groups excluding carboxylic acids is 1. The first-order valence-corrected chi connectivity index (χ1v) is 8.84. The average molecular weight is 339 g/mol. The van der Waals surface area contributed by atoms with Crippen LogP contribution in [0.5, 0.6) is 0 Å². The number of aliphatic hydroxyl groups is 1. The molecule has 1 aliphatic carbocycles. The van der Waals surface area contributed by atoms with Crippen molar-refractivity contribution in [2.24, 2.45) is 0 Å². The highest BCUT2D eigenvalue weighted by molar-refractivity contribution is 5.94. The number of hydrogen-bond acceptors (Lipinski definition) is 4. The molecule has 5 nitrogen and oxygen atoms in total. The molecule has 1 unspecified atom stereocenters. The molecular formula is C20H25N3O2. The summed E-state index contributed by atoms with van der Waals surface area (Å²) in [7, 11) is 0. The van der Waals surface area contributed by atoms with Crippen LogP contribution in [0.2, 0.25) is 0 Å². The van der Waals surface area contributed by atoms with Gasteiger partial charge in [-0.15, -0.1) is 0 Å². The smallest absolute Gasteiger partial charge is 0.251 e. The first kappa shape index (κ1) is 17.5. The van der Waals surface area contributed by atoms with E-state index in [0.29, 0.717) is 12.0 Å². The van der Waals surface area contributed by atoms with Crippen molar-refractivity contribution < 1.29 is 9.90 Å². The second-order valence-electron chi connectivity index (χ2n) is 7.32. The van der Waals surface area contributed by atoms with E-state index in [1.165, 1.54) is 0 Å². The van der Waals surface area contributed by atoms with Crippen LogP contribution in [0.3, 0.4) is 0 Å². The molecule has 1 aliphatic rings. The number of carbonyl (C=O) groups is 1. The van der Waals surface area contributed by atoms with E-state index >= 15 is 0 Å². The summed E-state index contributed by atoms with van der Waals surface area (Å²) in [5, 5.41) is 12.9. The summed E-state index contributed by atoms with van der Waals surface area (Å²) in [6.07, 6.45) is 7.68. The van der Waals surface area contributed by atoms with E-state index in [0.717, 1.165) is 42.6 Å². The number of benzene rings is 1. The number of fused-ring (bicyclic) bond motifs is 1. The Morgan fingerprint density at radius 2 is 1.96 bits per heavy atom. The lowest BCUT2D eigenvalue weighted by Crippen LogP contribution is -2.32. The molecule has 0 spiro atoms. The number of nitrogens with one attached hydrogen (secondary N) is 1. The Labute approximate surface area is 148 Å². The second kappa shape index (κ2) is 7.31. The number of rotatable bonds is 5. The van der Waals surface area contributed by atoms with Crippen molar-refractivity contribution >= 4 is 5.91 Å². The lowest BCUT2D eigenvalue weighted by molar-refractivity contribution is 0.0713. The maximum Gasteiger partial charge on any atom is 0.251 e. The fourth-order valence-electron chi connectivity index (χ4n) is 3.13. The molecule has 2 N–H and O–H groups in total. The number of amides is 1. The lowest BCUT2D eigenvalue weighted by Gasteiger charge is -2.24. The van der Waals surface area contributed by atoms with Crippen molar-refractivity contribution in [1.82, 2.24) is 15.3 Å². The van der Waals surface area contributed by atoms with Gasteiger partial charge >= 0.3 is 0 Å². The van der Waals surface area contributed by atoms with Crippen molar-refractivity contribution in [2.45, 2.75) is 57.6 Å². The van der Waals surface area contributed by atoms with Gasteiger partial charge in [0.15, 0.2) is 0 Å². The average Bonchev–Trinajstić information content (AvgIpc) is 2.60. The largest absolute Gasteiger partial charge is 0.390 e. The highest BCUT2D eigenvalue weighted by Gasteiger charge is 2.24.